The molecule has 0 bridgehead atoms. The summed E-state index contributed by atoms with van der Waals surface area (Å²) in [6, 6.07) is 18.3. The van der Waals surface area contributed by atoms with Crippen LogP contribution in [0, 0.1) is 0 Å². The second-order valence-electron chi connectivity index (χ2n) is 8.99. The Balaban J connectivity index is 1.53. The molecule has 5 rings (SSSR count). The van der Waals surface area contributed by atoms with E-state index >= 15 is 0 Å². The number of aromatic nitrogens is 2. The zero-order valence-corrected chi connectivity index (χ0v) is 21.7. The van der Waals surface area contributed by atoms with E-state index in [2.05, 4.69) is 31.7 Å². The number of methoxy groups -OCH3 is 1. The van der Waals surface area contributed by atoms with Gasteiger partial charge in [-0.15, -0.1) is 0 Å². The lowest BCUT2D eigenvalue weighted by Gasteiger charge is -2.25. The first-order chi connectivity index (χ1) is 18.3. The molecular weight excluding hydrogens is 506 g/mol. The number of anilines is 3. The van der Waals surface area contributed by atoms with Crippen LogP contribution in [0.4, 0.5) is 23.0 Å². The van der Waals surface area contributed by atoms with Crippen molar-refractivity contribution in [1.29, 1.82) is 0 Å². The Kier molecular flexibility index (Phi) is 6.71. The average Bonchev–Trinajstić information content (AvgIpc) is 3.17. The molecule has 0 unspecified atom stereocenters. The Morgan fingerprint density at radius 1 is 1.13 bits per heavy atom. The first-order valence-corrected chi connectivity index (χ1v) is 13.9. The molecule has 0 saturated heterocycles. The highest BCUT2D eigenvalue weighted by Gasteiger charge is 2.31. The fourth-order valence-corrected chi connectivity index (χ4v) is 5.17. The number of para-hydroxylation sites is 2. The minimum Gasteiger partial charge on any atom is -0.496 e. The summed E-state index contributed by atoms with van der Waals surface area (Å²) in [5, 5.41) is 0. The highest BCUT2D eigenvalue weighted by Crippen LogP contribution is 2.36. The predicted octanol–water partition coefficient (Wildman–Crippen LogP) is 4.24. The van der Waals surface area contributed by atoms with E-state index in [-0.39, 0.29) is 22.7 Å². The number of carbonyl (C=O) groups excluding carboxylic acids is 2. The Hall–Kier alpha value is -4.47. The fraction of sp³-hybridized carbons (Fsp3) is 0.222. The van der Waals surface area contributed by atoms with Crippen molar-refractivity contribution in [2.45, 2.75) is 19.3 Å². The monoisotopic (exact) mass is 532 g/mol. The van der Waals surface area contributed by atoms with Crippen molar-refractivity contribution in [1.82, 2.24) is 9.97 Å². The lowest BCUT2D eigenvalue weighted by atomic mass is 10.1. The van der Waals surface area contributed by atoms with Crippen molar-refractivity contribution in [2.75, 3.05) is 29.5 Å². The number of nitrogens with one attached hydrogen (secondary N) is 2. The summed E-state index contributed by atoms with van der Waals surface area (Å²) < 4.78 is 31.9. The predicted molar refractivity (Wildman–Crippen MR) is 144 cm³/mol. The number of rotatable bonds is 6. The molecule has 0 fully saturated rings. The van der Waals surface area contributed by atoms with Crippen molar-refractivity contribution in [3.8, 4) is 5.75 Å². The summed E-state index contributed by atoms with van der Waals surface area (Å²) >= 11 is 0. The number of fused-ring (bicyclic) bond motifs is 2. The molecule has 38 heavy (non-hydrogen) atoms. The van der Waals surface area contributed by atoms with E-state index in [0.717, 1.165) is 48.0 Å². The van der Waals surface area contributed by atoms with Gasteiger partial charge in [-0.1, -0.05) is 24.3 Å². The van der Waals surface area contributed by atoms with Gasteiger partial charge in [-0.2, -0.15) is 4.79 Å². The number of nitrogens with zero attached hydrogens (tertiary/aromatic N) is 3. The maximum atomic E-state index is 13.6. The molecule has 1 aliphatic heterocycles. The second-order valence-corrected chi connectivity index (χ2v) is 10.7. The highest BCUT2D eigenvalue weighted by atomic mass is 32.2. The van der Waals surface area contributed by atoms with Gasteiger partial charge in [0.1, 0.15) is 11.3 Å². The molecule has 1 aliphatic rings. The highest BCUT2D eigenvalue weighted by molar-refractivity contribution is 7.92. The number of ether oxygens (including phenoxy) is 1. The van der Waals surface area contributed by atoms with E-state index in [0.29, 0.717) is 11.3 Å². The van der Waals surface area contributed by atoms with Gasteiger partial charge in [-0.05, 0) is 53.7 Å². The minimum atomic E-state index is -3.59. The molecule has 2 N–H and O–H groups in total. The van der Waals surface area contributed by atoms with Gasteiger partial charge in [0.15, 0.2) is 5.52 Å². The van der Waals surface area contributed by atoms with Crippen LogP contribution in [-0.4, -0.2) is 54.9 Å². The van der Waals surface area contributed by atoms with Crippen LogP contribution in [0.15, 0.2) is 60.7 Å². The lowest BCUT2D eigenvalue weighted by Crippen LogP contribution is -2.20. The Morgan fingerprint density at radius 2 is 1.95 bits per heavy atom. The van der Waals surface area contributed by atoms with E-state index in [1.807, 2.05) is 18.2 Å². The molecule has 10 nitrogen and oxygen atoms in total. The molecular formula is C27H26N5O5S+. The Bertz CT molecular complexity index is 1710. The zero-order valence-electron chi connectivity index (χ0n) is 20.9. The van der Waals surface area contributed by atoms with Gasteiger partial charge < -0.3 is 14.6 Å². The van der Waals surface area contributed by atoms with Crippen LogP contribution in [0.2, 0.25) is 0 Å². The molecule has 0 radical (unpaired) electrons. The molecule has 3 aromatic carbocycles. The first-order valence-electron chi connectivity index (χ1n) is 12.0. The molecule has 11 heteroatoms. The van der Waals surface area contributed by atoms with Gasteiger partial charge in [-0.25, -0.2) is 18.2 Å². The molecule has 1 aromatic heterocycles. The number of aromatic amines is 1. The van der Waals surface area contributed by atoms with Crippen molar-refractivity contribution in [3.63, 3.8) is 0 Å². The van der Waals surface area contributed by atoms with E-state index in [4.69, 9.17) is 4.74 Å². The van der Waals surface area contributed by atoms with Crippen LogP contribution in [0.25, 0.3) is 11.0 Å². The van der Waals surface area contributed by atoms with E-state index in [9.17, 15) is 18.0 Å². The van der Waals surface area contributed by atoms with Crippen molar-refractivity contribution < 1.29 is 27.3 Å². The van der Waals surface area contributed by atoms with Crippen molar-refractivity contribution in [3.05, 3.63) is 71.8 Å². The van der Waals surface area contributed by atoms with Gasteiger partial charge in [0, 0.05) is 30.1 Å². The summed E-state index contributed by atoms with van der Waals surface area (Å²) in [5.74, 6) is -0.385. The van der Waals surface area contributed by atoms with E-state index in [1.54, 1.807) is 30.3 Å². The fourth-order valence-electron chi connectivity index (χ4n) is 4.73. The van der Waals surface area contributed by atoms with Crippen molar-refractivity contribution in [2.24, 2.45) is 0 Å². The number of H-pyrrole nitrogens is 1. The van der Waals surface area contributed by atoms with Crippen molar-refractivity contribution >= 4 is 56.1 Å². The normalized spacial score (nSPS) is 13.4. The molecule has 2 heterocycles. The van der Waals surface area contributed by atoms with Gasteiger partial charge in [-0.3, -0.25) is 4.72 Å². The largest absolute Gasteiger partial charge is 0.496 e. The second kappa shape index (κ2) is 10.1. The number of benzene rings is 3. The maximum absolute atomic E-state index is 13.6. The molecule has 0 saturated carbocycles. The number of hydrogen-bond donors (Lipinski definition) is 2. The minimum absolute atomic E-state index is 0.0343. The van der Waals surface area contributed by atoms with Gasteiger partial charge in [0.25, 0.3) is 5.69 Å². The van der Waals surface area contributed by atoms with Crippen LogP contribution < -0.4 is 14.4 Å². The summed E-state index contributed by atoms with van der Waals surface area (Å²) in [7, 11) is -2.12. The summed E-state index contributed by atoms with van der Waals surface area (Å²) in [5.41, 5.74) is 4.24. The Morgan fingerprint density at radius 3 is 2.71 bits per heavy atom. The van der Waals surface area contributed by atoms with E-state index < -0.39 is 15.9 Å². The van der Waals surface area contributed by atoms with Gasteiger partial charge in [0.2, 0.25) is 16.0 Å². The number of amides is 1. The number of hydrogen-bond acceptors (Lipinski definition) is 7. The van der Waals surface area contributed by atoms with Crippen LogP contribution in [0.3, 0.4) is 0 Å². The summed E-state index contributed by atoms with van der Waals surface area (Å²) in [6.45, 7) is 0.826. The third-order valence-corrected chi connectivity index (χ3v) is 6.96. The molecule has 194 valence electrons. The number of imidazole rings is 1. The summed E-state index contributed by atoms with van der Waals surface area (Å²) in [6.07, 6.45) is 5.81. The Labute approximate surface area is 219 Å². The third kappa shape index (κ3) is 4.89. The van der Waals surface area contributed by atoms with Crippen LogP contribution in [0.1, 0.15) is 28.8 Å². The first kappa shape index (κ1) is 25.2. The molecule has 4 aromatic rings. The van der Waals surface area contributed by atoms with Gasteiger partial charge in [0.05, 0.1) is 18.9 Å². The lowest BCUT2D eigenvalue weighted by molar-refractivity contribution is -0.330. The van der Waals surface area contributed by atoms with Crippen LogP contribution in [-0.2, 0) is 21.2 Å². The average molecular weight is 533 g/mol. The number of sulfonamides is 1. The van der Waals surface area contributed by atoms with Gasteiger partial charge >= 0.3 is 12.0 Å². The topological polar surface area (TPSA) is 124 Å². The summed E-state index contributed by atoms with van der Waals surface area (Å²) in [4.78, 5) is 34.9. The van der Waals surface area contributed by atoms with Crippen LogP contribution in [0.5, 0.6) is 5.75 Å². The number of aryl methyl sites for hydroxylation is 1. The zero-order chi connectivity index (χ0) is 26.9. The SMILES string of the molecule is COc1cc(N2CCCCc3ccccc32)ccc1C(=O)[N+](=C=O)c1cccc2[nH]c(NS(C)(=O)=O)nc12. The van der Waals surface area contributed by atoms with Crippen LogP contribution >= 0.6 is 0 Å². The quantitative estimate of drug-likeness (QED) is 0.216. The molecule has 0 aliphatic carbocycles. The molecule has 0 spiro atoms. The molecule has 1 amide bonds. The number of carbonyl (C=O) groups is 1. The van der Waals surface area contributed by atoms with E-state index in [1.165, 1.54) is 18.7 Å². The third-order valence-electron chi connectivity index (χ3n) is 6.40. The smallest absolute Gasteiger partial charge is 0.440 e. The number of isocyanates is 1. The maximum Gasteiger partial charge on any atom is 0.440 e. The standard InChI is InChI=1S/C27H26N5O5S/c1-37-24-16-19(31-15-6-5-9-18-8-3-4-11-22(18)31)13-14-20(24)26(34)32(17-33)23-12-7-10-21-25(23)29-27(28-21)30-38(2,35)36/h3-4,7-8,10-14,16H,5-6,9,15H2,1-2H3,(H2,28,29,30)/q+1. The molecule has 0 atom stereocenters.